The fourth-order valence-electron chi connectivity index (χ4n) is 3.87. The molecule has 2 atom stereocenters. The Morgan fingerprint density at radius 1 is 0.926 bits per heavy atom. The van der Waals surface area contributed by atoms with Crippen molar-refractivity contribution in [3.05, 3.63) is 59.9 Å². The fourth-order valence-corrected chi connectivity index (χ4v) is 3.87. The summed E-state index contributed by atoms with van der Waals surface area (Å²) in [4.78, 5) is 38.5. The lowest BCUT2D eigenvalue weighted by molar-refractivity contribution is -0.122. The van der Waals surface area contributed by atoms with Crippen molar-refractivity contribution in [3.8, 4) is 5.75 Å². The summed E-state index contributed by atoms with van der Waals surface area (Å²) in [6.45, 7) is 0. The molecule has 1 saturated heterocycles. The second-order valence-corrected chi connectivity index (χ2v) is 6.87. The van der Waals surface area contributed by atoms with Crippen molar-refractivity contribution in [1.82, 2.24) is 0 Å². The van der Waals surface area contributed by atoms with Crippen molar-refractivity contribution in [2.24, 2.45) is 11.8 Å². The Morgan fingerprint density at radius 2 is 1.52 bits per heavy atom. The van der Waals surface area contributed by atoms with Gasteiger partial charge in [0.15, 0.2) is 0 Å². The molecule has 1 aliphatic heterocycles. The molecule has 0 bridgehead atoms. The smallest absolute Gasteiger partial charge is 0.346 e. The summed E-state index contributed by atoms with van der Waals surface area (Å²) in [5.41, 5.74) is 0.306. The number of benzene rings is 2. The van der Waals surface area contributed by atoms with Gasteiger partial charge < -0.3 is 4.74 Å². The Morgan fingerprint density at radius 3 is 2.11 bits per heavy atom. The molecule has 1 saturated carbocycles. The van der Waals surface area contributed by atoms with E-state index in [4.69, 9.17) is 4.74 Å². The lowest BCUT2D eigenvalue weighted by atomic mass is 9.81. The predicted molar refractivity (Wildman–Crippen MR) is 95.7 cm³/mol. The molecule has 0 aromatic heterocycles. The summed E-state index contributed by atoms with van der Waals surface area (Å²) >= 11 is 0. The summed E-state index contributed by atoms with van der Waals surface area (Å²) in [6, 6.07) is 11.7. The van der Waals surface area contributed by atoms with Crippen LogP contribution in [0.4, 0.5) is 10.1 Å². The van der Waals surface area contributed by atoms with Gasteiger partial charge in [0.05, 0.1) is 23.1 Å². The van der Waals surface area contributed by atoms with E-state index in [1.807, 2.05) is 0 Å². The third-order valence-corrected chi connectivity index (χ3v) is 5.24. The first-order valence-electron chi connectivity index (χ1n) is 9.01. The van der Waals surface area contributed by atoms with Crippen molar-refractivity contribution in [3.63, 3.8) is 0 Å². The zero-order valence-corrected chi connectivity index (χ0v) is 14.6. The normalized spacial score (nSPS) is 21.9. The summed E-state index contributed by atoms with van der Waals surface area (Å²) < 4.78 is 18.8. The fraction of sp³-hybridized carbons (Fsp3) is 0.286. The van der Waals surface area contributed by atoms with E-state index in [1.165, 1.54) is 35.2 Å². The van der Waals surface area contributed by atoms with Gasteiger partial charge in [-0.25, -0.2) is 9.18 Å². The van der Waals surface area contributed by atoms with E-state index < -0.39 is 11.8 Å². The van der Waals surface area contributed by atoms with E-state index in [0.717, 1.165) is 25.7 Å². The molecule has 2 aromatic carbocycles. The van der Waals surface area contributed by atoms with E-state index >= 15 is 0 Å². The Bertz CT molecular complexity index is 885. The first kappa shape index (κ1) is 17.4. The average molecular weight is 367 g/mol. The zero-order valence-electron chi connectivity index (χ0n) is 14.6. The van der Waals surface area contributed by atoms with E-state index in [9.17, 15) is 18.8 Å². The minimum atomic E-state index is -0.805. The van der Waals surface area contributed by atoms with Gasteiger partial charge in [-0.05, 0) is 49.2 Å². The molecule has 138 valence electrons. The molecule has 2 amide bonds. The van der Waals surface area contributed by atoms with Gasteiger partial charge in [0.2, 0.25) is 11.8 Å². The van der Waals surface area contributed by atoms with Crippen molar-refractivity contribution in [2.75, 3.05) is 4.90 Å². The number of carbonyl (C=O) groups is 3. The minimum absolute atomic E-state index is 0.152. The maximum atomic E-state index is 13.7. The number of hydrogen-bond acceptors (Lipinski definition) is 4. The van der Waals surface area contributed by atoms with Gasteiger partial charge >= 0.3 is 5.97 Å². The van der Waals surface area contributed by atoms with Crippen LogP contribution in [0.5, 0.6) is 5.75 Å². The molecule has 2 aromatic rings. The van der Waals surface area contributed by atoms with Gasteiger partial charge in [-0.2, -0.15) is 0 Å². The second kappa shape index (κ2) is 6.95. The number of ether oxygens (including phenoxy) is 1. The van der Waals surface area contributed by atoms with Crippen LogP contribution in [-0.2, 0) is 9.59 Å². The first-order chi connectivity index (χ1) is 13.1. The number of esters is 1. The van der Waals surface area contributed by atoms with Gasteiger partial charge in [-0.3, -0.25) is 14.5 Å². The maximum Gasteiger partial charge on any atom is 0.346 e. The van der Waals surface area contributed by atoms with Crippen LogP contribution in [0, 0.1) is 17.7 Å². The van der Waals surface area contributed by atoms with Crippen LogP contribution in [0.2, 0.25) is 0 Å². The second-order valence-electron chi connectivity index (χ2n) is 6.87. The van der Waals surface area contributed by atoms with Crippen molar-refractivity contribution >= 4 is 23.5 Å². The Labute approximate surface area is 155 Å². The molecule has 0 radical (unpaired) electrons. The standard InChI is InChI=1S/C21H18FNO4/c22-18-8-4-3-7-17(18)21(26)27-14-11-9-13(10-12-14)23-19(24)15-5-1-2-6-16(15)20(23)25/h3-4,7-12,15-16H,1-2,5-6H2. The van der Waals surface area contributed by atoms with Crippen molar-refractivity contribution in [2.45, 2.75) is 25.7 Å². The number of hydrogen-bond donors (Lipinski definition) is 0. The number of nitrogens with zero attached hydrogens (tertiary/aromatic N) is 1. The van der Waals surface area contributed by atoms with E-state index in [1.54, 1.807) is 18.2 Å². The highest BCUT2D eigenvalue weighted by molar-refractivity contribution is 6.22. The van der Waals surface area contributed by atoms with E-state index in [-0.39, 0.29) is 35.0 Å². The van der Waals surface area contributed by atoms with E-state index in [0.29, 0.717) is 5.69 Å². The number of amides is 2. The van der Waals surface area contributed by atoms with Crippen LogP contribution in [0.25, 0.3) is 0 Å². The third kappa shape index (κ3) is 3.12. The number of halogens is 1. The monoisotopic (exact) mass is 367 g/mol. The molecular formula is C21H18FNO4. The van der Waals surface area contributed by atoms with Crippen molar-refractivity contribution < 1.29 is 23.5 Å². The molecule has 4 rings (SSSR count). The van der Waals surface area contributed by atoms with Gasteiger partial charge in [0.1, 0.15) is 11.6 Å². The zero-order chi connectivity index (χ0) is 19.0. The highest BCUT2D eigenvalue weighted by Crippen LogP contribution is 2.40. The van der Waals surface area contributed by atoms with Gasteiger partial charge in [-0.15, -0.1) is 0 Å². The molecule has 2 aliphatic rings. The Hall–Kier alpha value is -3.02. The van der Waals surface area contributed by atoms with Crippen LogP contribution in [0.15, 0.2) is 48.5 Å². The summed E-state index contributed by atoms with van der Waals surface area (Å²) in [6.07, 6.45) is 3.45. The Kier molecular flexibility index (Phi) is 4.48. The van der Waals surface area contributed by atoms with Crippen LogP contribution in [0.3, 0.4) is 0 Å². The molecule has 6 heteroatoms. The summed E-state index contributed by atoms with van der Waals surface area (Å²) in [5.74, 6) is -1.99. The predicted octanol–water partition coefficient (Wildman–Crippen LogP) is 3.72. The lowest BCUT2D eigenvalue weighted by Gasteiger charge is -2.19. The van der Waals surface area contributed by atoms with Crippen LogP contribution in [-0.4, -0.2) is 17.8 Å². The van der Waals surface area contributed by atoms with Crippen LogP contribution >= 0.6 is 0 Å². The largest absolute Gasteiger partial charge is 0.423 e. The van der Waals surface area contributed by atoms with Gasteiger partial charge in [0, 0.05) is 0 Å². The quantitative estimate of drug-likeness (QED) is 0.471. The number of rotatable bonds is 3. The average Bonchev–Trinajstić information content (AvgIpc) is 2.94. The summed E-state index contributed by atoms with van der Waals surface area (Å²) in [7, 11) is 0. The molecule has 1 aliphatic carbocycles. The highest BCUT2D eigenvalue weighted by Gasteiger charge is 2.48. The molecule has 5 nitrogen and oxygen atoms in total. The highest BCUT2D eigenvalue weighted by atomic mass is 19.1. The third-order valence-electron chi connectivity index (χ3n) is 5.24. The molecule has 2 fully saturated rings. The topological polar surface area (TPSA) is 63.7 Å². The van der Waals surface area contributed by atoms with Crippen LogP contribution in [0.1, 0.15) is 36.0 Å². The Balaban J connectivity index is 1.51. The summed E-state index contributed by atoms with van der Waals surface area (Å²) in [5, 5.41) is 0. The SMILES string of the molecule is O=C(Oc1ccc(N2C(=O)C3CCCCC3C2=O)cc1)c1ccccc1F. The first-order valence-corrected chi connectivity index (χ1v) is 9.01. The molecule has 27 heavy (non-hydrogen) atoms. The molecule has 0 spiro atoms. The minimum Gasteiger partial charge on any atom is -0.423 e. The number of anilines is 1. The molecular weight excluding hydrogens is 349 g/mol. The molecule has 0 N–H and O–H groups in total. The maximum absolute atomic E-state index is 13.7. The van der Waals surface area contributed by atoms with Gasteiger partial charge in [0.25, 0.3) is 0 Å². The van der Waals surface area contributed by atoms with E-state index in [2.05, 4.69) is 0 Å². The van der Waals surface area contributed by atoms with Crippen LogP contribution < -0.4 is 9.64 Å². The molecule has 2 unspecified atom stereocenters. The lowest BCUT2D eigenvalue weighted by Crippen LogP contribution is -2.30. The number of fused-ring (bicyclic) bond motifs is 1. The number of carbonyl (C=O) groups excluding carboxylic acids is 3. The van der Waals surface area contributed by atoms with Gasteiger partial charge in [-0.1, -0.05) is 25.0 Å². The number of imide groups is 1. The molecule has 1 heterocycles. The van der Waals surface area contributed by atoms with Crippen molar-refractivity contribution in [1.29, 1.82) is 0 Å².